The molecule has 1 aliphatic heterocycles. The summed E-state index contributed by atoms with van der Waals surface area (Å²) in [7, 11) is 0. The fourth-order valence-corrected chi connectivity index (χ4v) is 3.84. The minimum Gasteiger partial charge on any atom is -0.487 e. The summed E-state index contributed by atoms with van der Waals surface area (Å²) in [6.07, 6.45) is 3.28. The van der Waals surface area contributed by atoms with Crippen molar-refractivity contribution in [1.82, 2.24) is 25.3 Å². The zero-order valence-corrected chi connectivity index (χ0v) is 17.1. The van der Waals surface area contributed by atoms with E-state index in [0.29, 0.717) is 34.6 Å². The number of benzene rings is 2. The number of hydrogen-bond donors (Lipinski definition) is 2. The highest BCUT2D eigenvalue weighted by atomic mass is 19.1. The summed E-state index contributed by atoms with van der Waals surface area (Å²) in [5.74, 6) is -0.0752. The van der Waals surface area contributed by atoms with Gasteiger partial charge in [0, 0.05) is 29.3 Å². The van der Waals surface area contributed by atoms with Crippen molar-refractivity contribution in [3.8, 4) is 17.0 Å². The molecular formula is C23H20FN5O2. The quantitative estimate of drug-likeness (QED) is 0.530. The van der Waals surface area contributed by atoms with Gasteiger partial charge >= 0.3 is 0 Å². The van der Waals surface area contributed by atoms with E-state index in [1.807, 2.05) is 13.8 Å². The fourth-order valence-electron chi connectivity index (χ4n) is 3.84. The number of halogens is 1. The Hall–Kier alpha value is -3.81. The summed E-state index contributed by atoms with van der Waals surface area (Å²) < 4.78 is 20.6. The lowest BCUT2D eigenvalue weighted by molar-refractivity contribution is 0.0934. The topological polar surface area (TPSA) is 92.8 Å². The molecule has 0 spiro atoms. The minimum atomic E-state index is -0.372. The zero-order valence-electron chi connectivity index (χ0n) is 17.1. The molecule has 31 heavy (non-hydrogen) atoms. The smallest absolute Gasteiger partial charge is 0.251 e. The van der Waals surface area contributed by atoms with E-state index in [0.717, 1.165) is 22.4 Å². The van der Waals surface area contributed by atoms with Crippen LogP contribution in [-0.4, -0.2) is 38.5 Å². The molecule has 0 aliphatic carbocycles. The molecule has 2 aromatic heterocycles. The van der Waals surface area contributed by atoms with Crippen LogP contribution in [0.15, 0.2) is 42.9 Å². The summed E-state index contributed by atoms with van der Waals surface area (Å²) in [4.78, 5) is 28.7. The highest BCUT2D eigenvalue weighted by molar-refractivity contribution is 5.97. The number of hydrogen-bond acceptors (Lipinski definition) is 5. The molecule has 8 heteroatoms. The number of nitrogens with zero attached hydrogens (tertiary/aromatic N) is 3. The SMILES string of the molecule is Cc1cnc(C)c(-c2ccc(F)c3c2OC(CNC(=O)c2ccc4nc[nH]c4c2)C3)n1. The minimum absolute atomic E-state index is 0.225. The van der Waals surface area contributed by atoms with Gasteiger partial charge in [0.2, 0.25) is 0 Å². The molecule has 1 unspecified atom stereocenters. The van der Waals surface area contributed by atoms with Gasteiger partial charge in [-0.3, -0.25) is 9.78 Å². The Bertz CT molecular complexity index is 1320. The van der Waals surface area contributed by atoms with Gasteiger partial charge in [-0.05, 0) is 44.2 Å². The van der Waals surface area contributed by atoms with Crippen LogP contribution in [0.25, 0.3) is 22.3 Å². The second-order valence-corrected chi connectivity index (χ2v) is 7.64. The number of aryl methyl sites for hydroxylation is 2. The number of fused-ring (bicyclic) bond motifs is 2. The summed E-state index contributed by atoms with van der Waals surface area (Å²) in [5, 5.41) is 2.88. The lowest BCUT2D eigenvalue weighted by Crippen LogP contribution is -2.34. The molecule has 1 atom stereocenters. The number of aromatic amines is 1. The first-order valence-corrected chi connectivity index (χ1v) is 9.99. The van der Waals surface area contributed by atoms with Crippen LogP contribution < -0.4 is 10.1 Å². The van der Waals surface area contributed by atoms with Gasteiger partial charge in [-0.2, -0.15) is 0 Å². The Morgan fingerprint density at radius 2 is 2.13 bits per heavy atom. The standard InChI is InChI=1S/C23H20FN5O2/c1-12-9-25-13(2)21(29-12)16-4-5-18(24)17-8-15(31-22(16)17)10-26-23(30)14-3-6-19-20(7-14)28-11-27-19/h3-7,9,11,15H,8,10H2,1-2H3,(H,26,30)(H,27,28). The van der Waals surface area contributed by atoms with Crippen LogP contribution in [0.1, 0.15) is 27.3 Å². The van der Waals surface area contributed by atoms with Crippen molar-refractivity contribution in [3.63, 3.8) is 0 Å². The first-order valence-electron chi connectivity index (χ1n) is 9.99. The molecule has 0 radical (unpaired) electrons. The average Bonchev–Trinajstić information content (AvgIpc) is 3.41. The van der Waals surface area contributed by atoms with E-state index < -0.39 is 0 Å². The summed E-state index contributed by atoms with van der Waals surface area (Å²) >= 11 is 0. The van der Waals surface area contributed by atoms with E-state index in [9.17, 15) is 9.18 Å². The van der Waals surface area contributed by atoms with Crippen molar-refractivity contribution in [1.29, 1.82) is 0 Å². The van der Waals surface area contributed by atoms with Crippen LogP contribution >= 0.6 is 0 Å². The van der Waals surface area contributed by atoms with Crippen molar-refractivity contribution in [2.75, 3.05) is 6.54 Å². The summed E-state index contributed by atoms with van der Waals surface area (Å²) in [5.41, 5.74) is 5.51. The third-order valence-electron chi connectivity index (χ3n) is 5.42. The van der Waals surface area contributed by atoms with E-state index in [4.69, 9.17) is 4.74 Å². The largest absolute Gasteiger partial charge is 0.487 e. The third kappa shape index (κ3) is 3.50. The monoisotopic (exact) mass is 417 g/mol. The number of aromatic nitrogens is 4. The van der Waals surface area contributed by atoms with E-state index in [-0.39, 0.29) is 24.4 Å². The molecule has 5 rings (SSSR count). The van der Waals surface area contributed by atoms with Gasteiger partial charge in [-0.25, -0.2) is 14.4 Å². The molecule has 0 saturated heterocycles. The first-order chi connectivity index (χ1) is 15.0. The average molecular weight is 417 g/mol. The lowest BCUT2D eigenvalue weighted by Gasteiger charge is -2.14. The van der Waals surface area contributed by atoms with Crippen LogP contribution in [0.5, 0.6) is 5.75 Å². The van der Waals surface area contributed by atoms with Gasteiger partial charge in [0.25, 0.3) is 5.91 Å². The van der Waals surface area contributed by atoms with Crippen molar-refractivity contribution in [2.24, 2.45) is 0 Å². The Balaban J connectivity index is 1.35. The molecule has 1 amide bonds. The molecule has 2 N–H and O–H groups in total. The van der Waals surface area contributed by atoms with Crippen molar-refractivity contribution in [3.05, 3.63) is 71.2 Å². The number of imidazole rings is 1. The second-order valence-electron chi connectivity index (χ2n) is 7.64. The Morgan fingerprint density at radius 1 is 1.26 bits per heavy atom. The number of rotatable bonds is 4. The van der Waals surface area contributed by atoms with Gasteiger partial charge < -0.3 is 15.0 Å². The van der Waals surface area contributed by atoms with Gasteiger partial charge in [0.05, 0.1) is 41.0 Å². The van der Waals surface area contributed by atoms with Crippen LogP contribution in [0.2, 0.25) is 0 Å². The van der Waals surface area contributed by atoms with Gasteiger partial charge in [-0.1, -0.05) is 0 Å². The van der Waals surface area contributed by atoms with E-state index in [1.54, 1.807) is 36.8 Å². The molecule has 2 aromatic carbocycles. The number of nitrogens with one attached hydrogen (secondary N) is 2. The molecule has 7 nitrogen and oxygen atoms in total. The van der Waals surface area contributed by atoms with Gasteiger partial charge in [0.1, 0.15) is 17.7 Å². The van der Waals surface area contributed by atoms with Gasteiger partial charge in [0.15, 0.2) is 0 Å². The molecule has 4 aromatic rings. The highest BCUT2D eigenvalue weighted by Crippen LogP contribution is 2.40. The highest BCUT2D eigenvalue weighted by Gasteiger charge is 2.30. The van der Waals surface area contributed by atoms with E-state index in [1.165, 1.54) is 6.07 Å². The molecule has 0 fully saturated rings. The van der Waals surface area contributed by atoms with Crippen molar-refractivity contribution >= 4 is 16.9 Å². The maximum Gasteiger partial charge on any atom is 0.251 e. The molecule has 1 aliphatic rings. The number of carbonyl (C=O) groups excluding carboxylic acids is 1. The normalized spacial score (nSPS) is 15.0. The van der Waals surface area contributed by atoms with Crippen molar-refractivity contribution < 1.29 is 13.9 Å². The van der Waals surface area contributed by atoms with Gasteiger partial charge in [-0.15, -0.1) is 0 Å². The molecule has 156 valence electrons. The first kappa shape index (κ1) is 19.2. The number of H-pyrrole nitrogens is 1. The van der Waals surface area contributed by atoms with E-state index in [2.05, 4.69) is 25.3 Å². The van der Waals surface area contributed by atoms with Crippen LogP contribution in [0, 0.1) is 19.7 Å². The van der Waals surface area contributed by atoms with Crippen molar-refractivity contribution in [2.45, 2.75) is 26.4 Å². The summed E-state index contributed by atoms with van der Waals surface area (Å²) in [6.45, 7) is 3.98. The molecule has 0 bridgehead atoms. The van der Waals surface area contributed by atoms with E-state index >= 15 is 0 Å². The van der Waals surface area contributed by atoms with Crippen LogP contribution in [0.3, 0.4) is 0 Å². The predicted molar refractivity (Wildman–Crippen MR) is 113 cm³/mol. The molecule has 0 saturated carbocycles. The Labute approximate surface area is 177 Å². The zero-order chi connectivity index (χ0) is 21.5. The van der Waals surface area contributed by atoms with Crippen LogP contribution in [-0.2, 0) is 6.42 Å². The Kier molecular flexibility index (Phi) is 4.62. The number of ether oxygens (including phenoxy) is 1. The maximum atomic E-state index is 14.5. The fraction of sp³-hybridized carbons (Fsp3) is 0.217. The number of carbonyl (C=O) groups is 1. The maximum absolute atomic E-state index is 14.5. The van der Waals surface area contributed by atoms with Crippen LogP contribution in [0.4, 0.5) is 4.39 Å². The third-order valence-corrected chi connectivity index (χ3v) is 5.42. The molecule has 3 heterocycles. The number of amides is 1. The predicted octanol–water partition coefficient (Wildman–Crippen LogP) is 3.51. The second kappa shape index (κ2) is 7.46. The molecular weight excluding hydrogens is 397 g/mol. The lowest BCUT2D eigenvalue weighted by atomic mass is 10.0. The summed E-state index contributed by atoms with van der Waals surface area (Å²) in [6, 6.07) is 8.36. The Morgan fingerprint density at radius 3 is 3.00 bits per heavy atom.